The quantitative estimate of drug-likeness (QED) is 0.0178. The summed E-state index contributed by atoms with van der Waals surface area (Å²) in [4.78, 5) is 121. The highest BCUT2D eigenvalue weighted by atomic mass is 79.9. The number of hydrogen-bond acceptors (Lipinski definition) is 24. The summed E-state index contributed by atoms with van der Waals surface area (Å²) < 4.78 is 24.6. The van der Waals surface area contributed by atoms with Gasteiger partial charge in [-0.25, -0.2) is 24.9 Å². The molecule has 16 aromatic rings. The number of nitrogens with one attached hydrogen (secondary N) is 12. The van der Waals surface area contributed by atoms with E-state index in [-0.39, 0.29) is 34.8 Å². The molecule has 148 heavy (non-hydrogen) atoms. The highest BCUT2D eigenvalue weighted by Gasteiger charge is 2.32. The number of amides is 1. The van der Waals surface area contributed by atoms with Gasteiger partial charge in [0.25, 0.3) is 22.2 Å². The minimum absolute atomic E-state index is 0.0386. The minimum atomic E-state index is -0.677. The first-order valence-corrected chi connectivity index (χ1v) is 53.0. The molecule has 4 saturated heterocycles. The zero-order valence-corrected chi connectivity index (χ0v) is 90.3. The van der Waals surface area contributed by atoms with Gasteiger partial charge in [0.15, 0.2) is 0 Å². The first-order valence-electron chi connectivity index (χ1n) is 50.7. The van der Waals surface area contributed by atoms with E-state index in [9.17, 15) is 29.1 Å². The number of hydrogen-bond donors (Lipinski definition) is 13. The molecule has 16 heterocycles. The number of likely N-dealkylation sites (tertiary alicyclic amines) is 4. The summed E-state index contributed by atoms with van der Waals surface area (Å²) in [5.41, 5.74) is 22.0. The molecule has 0 radical (unpaired) electrons. The number of aromatic amines is 8. The Hall–Kier alpha value is -12.7. The standard InChI is InChI=1S/C28H36ClN7O2.C27H34BrN7O2.C26H32BrN7O2.C26H30ClN7O3/c1-17-13-19(18-7-11-36(12-8-18)15-28(2,3)38)14-22-24(17)34-26(33-22)23-20(5-10-31-27(23)37)30-9-6-21-25(29)35(4)16-32-21;1-17-14-20(19-5-9-34(10-6-19)12-13-37-3)15-23-25(17)32-26(31-23)24-22(4-7-30-27(24)36)29-8-11-35-16-21(28)18(2)33-35;1-17-13-19(18-4-8-33(9-5-18)11-12-36-2)14-22-24(17)32-25(31-22)23-21(3-6-29-26(23)35)28-7-10-34-16-20(27)15-30-34;1-16-11-18(17-4-8-33(9-5-17)22(35)15-37-2)12-21-24(16)32-25(31-21)23-20(3-6-29-26(23)36)28-7-10-34-14-19(27)13-30-34/h5,10,13-14,16,18,38H,6-9,11-12,15H2,1-4H3,(H,33,34)(H2,30,31,37);4,7,14-16,19H,5-6,8-13H2,1-3H3,(H,31,32)(H2,29,30,36);3,6,13-16,18H,4-5,7-12H2,1-2H3,(H,31,32)(H2,28,29,35);3,6,11-14,17H,4-5,7-10,15H2,1-2H3,(H,31,32)(H2,28,29,36). The normalized spacial score (nSPS) is 15.0. The van der Waals surface area contributed by atoms with Crippen molar-refractivity contribution in [2.24, 2.45) is 7.05 Å². The lowest BCUT2D eigenvalue weighted by Gasteiger charge is -2.35. The topological polar surface area (TPSA) is 444 Å². The fourth-order valence-corrected chi connectivity index (χ4v) is 21.6. The second kappa shape index (κ2) is 48.7. The van der Waals surface area contributed by atoms with Gasteiger partial charge >= 0.3 is 0 Å². The number of H-pyrrole nitrogens is 8. The molecule has 41 heteroatoms. The number of aromatic nitrogens is 20. The van der Waals surface area contributed by atoms with E-state index in [0.717, 1.165) is 228 Å². The zero-order valence-electron chi connectivity index (χ0n) is 85.6. The third-order valence-electron chi connectivity index (χ3n) is 28.3. The maximum Gasteiger partial charge on any atom is 0.261 e. The van der Waals surface area contributed by atoms with Crippen LogP contribution in [0.2, 0.25) is 10.2 Å². The van der Waals surface area contributed by atoms with Crippen molar-refractivity contribution in [2.75, 3.05) is 161 Å². The van der Waals surface area contributed by atoms with Gasteiger partial charge < -0.3 is 105 Å². The van der Waals surface area contributed by atoms with Gasteiger partial charge in [0.1, 0.15) is 57.3 Å². The molecular formula is C107H132Br2Cl2N28O9. The summed E-state index contributed by atoms with van der Waals surface area (Å²) in [7, 11) is 6.91. The molecule has 0 saturated carbocycles. The molecule has 0 aliphatic carbocycles. The molecule has 1 amide bonds. The van der Waals surface area contributed by atoms with E-state index in [4.69, 9.17) is 57.3 Å². The summed E-state index contributed by atoms with van der Waals surface area (Å²) in [6.45, 7) is 30.4. The highest BCUT2D eigenvalue weighted by molar-refractivity contribution is 9.10. The van der Waals surface area contributed by atoms with Crippen LogP contribution in [0.1, 0.15) is 145 Å². The third-order valence-corrected chi connectivity index (χ3v) is 30.1. The van der Waals surface area contributed by atoms with Crippen molar-refractivity contribution in [3.05, 3.63) is 251 Å². The van der Waals surface area contributed by atoms with Crippen molar-refractivity contribution in [3.8, 4) is 45.6 Å². The highest BCUT2D eigenvalue weighted by Crippen LogP contribution is 2.40. The molecule has 4 fully saturated rings. The van der Waals surface area contributed by atoms with Crippen LogP contribution in [0.4, 0.5) is 22.7 Å². The summed E-state index contributed by atoms with van der Waals surface area (Å²) in [6.07, 6.45) is 26.3. The number of halogens is 4. The Balaban J connectivity index is 0.000000135. The van der Waals surface area contributed by atoms with Gasteiger partial charge in [-0.15, -0.1) is 0 Å². The number of piperidine rings is 4. The molecule has 4 aliphatic rings. The van der Waals surface area contributed by atoms with E-state index in [1.165, 1.54) is 22.3 Å². The van der Waals surface area contributed by atoms with Crippen LogP contribution >= 0.6 is 55.1 Å². The largest absolute Gasteiger partial charge is 0.389 e. The number of rotatable bonds is 34. The average Bonchev–Trinajstić information content (AvgIpc) is 1.64. The predicted octanol–water partition coefficient (Wildman–Crippen LogP) is 16.3. The molecule has 13 N–H and O–H groups in total. The number of pyridine rings is 4. The maximum atomic E-state index is 12.9. The lowest BCUT2D eigenvalue weighted by molar-refractivity contribution is -0.136. The van der Waals surface area contributed by atoms with Gasteiger partial charge in [-0.05, 0) is 288 Å². The smallest absolute Gasteiger partial charge is 0.261 e. The summed E-state index contributed by atoms with van der Waals surface area (Å²) in [5.74, 6) is 4.11. The number of methoxy groups -OCH3 is 3. The minimum Gasteiger partial charge on any atom is -0.389 e. The first-order chi connectivity index (χ1) is 71.4. The number of anilines is 4. The van der Waals surface area contributed by atoms with Crippen LogP contribution in [0.5, 0.6) is 0 Å². The van der Waals surface area contributed by atoms with Crippen LogP contribution < -0.4 is 43.5 Å². The molecular weight excluding hydrogens is 2050 g/mol. The number of fused-ring (bicyclic) bond motifs is 4. The fourth-order valence-electron chi connectivity index (χ4n) is 20.6. The maximum absolute atomic E-state index is 12.9. The first kappa shape index (κ1) is 107. The van der Waals surface area contributed by atoms with Crippen LogP contribution in [0.15, 0.2) is 163 Å². The molecule has 4 aliphatic heterocycles. The Kier molecular flexibility index (Phi) is 35.1. The van der Waals surface area contributed by atoms with E-state index < -0.39 is 5.60 Å². The molecule has 0 unspecified atom stereocenters. The average molecular weight is 2190 g/mol. The van der Waals surface area contributed by atoms with Crippen LogP contribution in [0.25, 0.3) is 89.7 Å². The van der Waals surface area contributed by atoms with E-state index in [0.29, 0.717) is 150 Å². The Bertz CT molecular complexity index is 7510. The second-order valence-corrected chi connectivity index (χ2v) is 42.1. The zero-order chi connectivity index (χ0) is 104. The van der Waals surface area contributed by atoms with Crippen molar-refractivity contribution in [3.63, 3.8) is 0 Å². The number of aliphatic hydroxyl groups is 1. The van der Waals surface area contributed by atoms with Crippen LogP contribution in [0, 0.1) is 34.6 Å². The summed E-state index contributed by atoms with van der Waals surface area (Å²) >= 11 is 19.2. The predicted molar refractivity (Wildman–Crippen MR) is 591 cm³/mol. The second-order valence-electron chi connectivity index (χ2n) is 39.5. The molecule has 12 aromatic heterocycles. The molecule has 4 aromatic carbocycles. The van der Waals surface area contributed by atoms with E-state index in [2.05, 4.69) is 197 Å². The Morgan fingerprint density at radius 2 is 0.824 bits per heavy atom. The Labute approximate surface area is 884 Å². The number of aryl methyl sites for hydroxylation is 6. The third kappa shape index (κ3) is 26.2. The number of benzene rings is 4. The number of carbonyl (C=O) groups is 1. The van der Waals surface area contributed by atoms with Crippen molar-refractivity contribution in [2.45, 2.75) is 155 Å². The fraction of sp³-hybridized carbons (Fsp3) is 0.430. The monoisotopic (exact) mass is 2180 g/mol. The lowest BCUT2D eigenvalue weighted by atomic mass is 9.88. The van der Waals surface area contributed by atoms with Crippen LogP contribution in [-0.4, -0.2) is 274 Å². The van der Waals surface area contributed by atoms with Crippen molar-refractivity contribution < 1.29 is 24.1 Å². The lowest BCUT2D eigenvalue weighted by Crippen LogP contribution is -2.42. The van der Waals surface area contributed by atoms with Crippen molar-refractivity contribution in [1.29, 1.82) is 0 Å². The number of nitrogens with zero attached hydrogens (tertiary/aromatic N) is 16. The number of ether oxygens (including phenoxy) is 3. The number of carbonyl (C=O) groups excluding carboxylic acids is 1. The van der Waals surface area contributed by atoms with Gasteiger partial charge in [0.2, 0.25) is 5.91 Å². The molecule has 782 valence electrons. The van der Waals surface area contributed by atoms with E-state index in [1.54, 1.807) is 80.3 Å². The Morgan fingerprint density at radius 3 is 1.15 bits per heavy atom. The number of β-amino-alcohol motifs (C(OH)–C–C–N with tert-alkyl or cyclic N) is 1. The van der Waals surface area contributed by atoms with Gasteiger partial charge in [0, 0.05) is 137 Å². The molecule has 0 atom stereocenters. The molecule has 0 bridgehead atoms. The van der Waals surface area contributed by atoms with Gasteiger partial charge in [-0.3, -0.25) is 38.0 Å². The van der Waals surface area contributed by atoms with Gasteiger partial charge in [0.05, 0.1) is 149 Å². The van der Waals surface area contributed by atoms with Crippen LogP contribution in [0.3, 0.4) is 0 Å². The van der Waals surface area contributed by atoms with Crippen molar-refractivity contribution >= 4 is 128 Å². The summed E-state index contributed by atoms with van der Waals surface area (Å²) in [5, 5.41) is 37.8. The van der Waals surface area contributed by atoms with Gasteiger partial charge in [-0.2, -0.15) is 15.3 Å². The van der Waals surface area contributed by atoms with Crippen LogP contribution in [-0.2, 0) is 52.1 Å². The van der Waals surface area contributed by atoms with E-state index in [1.807, 2.05) is 85.7 Å². The Morgan fingerprint density at radius 1 is 0.466 bits per heavy atom. The molecule has 0 spiro atoms. The van der Waals surface area contributed by atoms with Crippen molar-refractivity contribution in [1.82, 2.24) is 118 Å². The van der Waals surface area contributed by atoms with E-state index >= 15 is 0 Å². The summed E-state index contributed by atoms with van der Waals surface area (Å²) in [6, 6.07) is 25.1. The number of imidazole rings is 5. The molecule has 37 nitrogen and oxygen atoms in total. The SMILES string of the molecule is COCC(=O)N1CCC(c2cc(C)c3nc(-c4c(NCCn5cc(Cl)cn5)cc[nH]c4=O)[nH]c3c2)CC1.COCCN1CCC(c2cc(C)c3nc(-c4c(NCCn5cc(Br)c(C)n5)cc[nH]c4=O)[nH]c3c2)CC1.COCCN1CCC(c2cc(C)c3nc(-c4c(NCCn5cc(Br)cn5)cc[nH]c4=O)[nH]c3c2)CC1.Cc1cc(C2CCN(CC(C)(C)O)CC2)cc2[nH]c(-c3c(NCCc4ncn(C)c4Cl)cc[nH]c3=O)nc12. The molecule has 20 rings (SSSR count). The van der Waals surface area contributed by atoms with Gasteiger partial charge in [-0.1, -0.05) is 47.5 Å².